The van der Waals surface area contributed by atoms with Gasteiger partial charge in [-0.25, -0.2) is 13.4 Å². The van der Waals surface area contributed by atoms with Crippen molar-refractivity contribution in [3.8, 4) is 5.75 Å². The molecule has 0 atom stereocenters. The van der Waals surface area contributed by atoms with Gasteiger partial charge in [0.25, 0.3) is 5.91 Å². The lowest BCUT2D eigenvalue weighted by atomic mass is 10.2. The quantitative estimate of drug-likeness (QED) is 0.340. The molecule has 13 heteroatoms. The maximum absolute atomic E-state index is 13.2. The number of hydrogen-bond donors (Lipinski definition) is 0. The minimum Gasteiger partial charge on any atom is -0.493 e. The molecule has 4 rings (SSSR count). The first-order valence-electron chi connectivity index (χ1n) is 12.1. The van der Waals surface area contributed by atoms with Crippen molar-refractivity contribution in [1.82, 2.24) is 14.2 Å². The Hall–Kier alpha value is -2.48. The second-order valence-electron chi connectivity index (χ2n) is 8.62. The Labute approximate surface area is 231 Å². The van der Waals surface area contributed by atoms with E-state index in [9.17, 15) is 13.2 Å². The zero-order valence-corrected chi connectivity index (χ0v) is 23.9. The van der Waals surface area contributed by atoms with Crippen LogP contribution in [0.5, 0.6) is 5.75 Å². The summed E-state index contributed by atoms with van der Waals surface area (Å²) in [7, 11) is 0.866. The second-order valence-corrected chi connectivity index (χ2v) is 12.0. The number of carbonyl (C=O) groups excluding carboxylic acids is 1. The molecule has 0 bridgehead atoms. The number of aromatic nitrogens is 1. The molecule has 10 nitrogen and oxygen atoms in total. The number of hydrogen-bond acceptors (Lipinski definition) is 9. The summed E-state index contributed by atoms with van der Waals surface area (Å²) in [4.78, 5) is 21.9. The third-order valence-electron chi connectivity index (χ3n) is 6.33. The van der Waals surface area contributed by atoms with Crippen LogP contribution in [0.3, 0.4) is 0 Å². The highest BCUT2D eigenvalue weighted by Gasteiger charge is 2.27. The number of benzene rings is 2. The molecule has 1 aliphatic heterocycles. The van der Waals surface area contributed by atoms with E-state index in [0.29, 0.717) is 42.5 Å². The number of carbonyl (C=O) groups is 1. The Morgan fingerprint density at radius 3 is 2.21 bits per heavy atom. The molecule has 0 unspecified atom stereocenters. The lowest BCUT2D eigenvalue weighted by Gasteiger charge is -2.34. The van der Waals surface area contributed by atoms with Gasteiger partial charge in [-0.05, 0) is 36.4 Å². The van der Waals surface area contributed by atoms with E-state index in [1.807, 2.05) is 6.07 Å². The minimum absolute atomic E-state index is 0.123. The SMILES string of the molecule is COCCN(CCOC)S(=O)(=O)c1ccc(C(=O)N2CCN(c3nc4c(OC)c(Cl)ccc4s3)CC2)cc1. The van der Waals surface area contributed by atoms with Crippen LogP contribution in [0.1, 0.15) is 10.4 Å². The average Bonchev–Trinajstić information content (AvgIpc) is 3.37. The fourth-order valence-electron chi connectivity index (χ4n) is 4.20. The van der Waals surface area contributed by atoms with Crippen LogP contribution in [-0.4, -0.2) is 102 Å². The highest BCUT2D eigenvalue weighted by atomic mass is 35.5. The van der Waals surface area contributed by atoms with E-state index < -0.39 is 10.0 Å². The van der Waals surface area contributed by atoms with Gasteiger partial charge >= 0.3 is 0 Å². The molecular weight excluding hydrogens is 552 g/mol. The fraction of sp³-hybridized carbons (Fsp3) is 0.440. The van der Waals surface area contributed by atoms with Crippen LogP contribution >= 0.6 is 22.9 Å². The number of fused-ring (bicyclic) bond motifs is 1. The fourth-order valence-corrected chi connectivity index (χ4v) is 6.86. The summed E-state index contributed by atoms with van der Waals surface area (Å²) in [5, 5.41) is 1.37. The smallest absolute Gasteiger partial charge is 0.253 e. The number of piperazine rings is 1. The first kappa shape index (κ1) is 28.5. The maximum atomic E-state index is 13.2. The number of ether oxygens (including phenoxy) is 3. The number of nitrogens with zero attached hydrogens (tertiary/aromatic N) is 4. The summed E-state index contributed by atoms with van der Waals surface area (Å²) in [6, 6.07) is 9.82. The predicted octanol–water partition coefficient (Wildman–Crippen LogP) is 3.20. The van der Waals surface area contributed by atoms with Crippen LogP contribution in [-0.2, 0) is 19.5 Å². The van der Waals surface area contributed by atoms with Gasteiger partial charge in [0.2, 0.25) is 10.0 Å². The number of amides is 1. The molecule has 1 aliphatic rings. The van der Waals surface area contributed by atoms with Gasteiger partial charge in [-0.1, -0.05) is 22.9 Å². The van der Waals surface area contributed by atoms with Gasteiger partial charge in [-0.2, -0.15) is 4.31 Å². The second kappa shape index (κ2) is 12.6. The highest BCUT2D eigenvalue weighted by Crippen LogP contribution is 2.38. The van der Waals surface area contributed by atoms with Gasteiger partial charge in [-0.15, -0.1) is 0 Å². The topological polar surface area (TPSA) is 102 Å². The lowest BCUT2D eigenvalue weighted by Crippen LogP contribution is -2.48. The number of halogens is 1. The van der Waals surface area contributed by atoms with Crippen LogP contribution in [0.25, 0.3) is 10.2 Å². The predicted molar refractivity (Wildman–Crippen MR) is 148 cm³/mol. The van der Waals surface area contributed by atoms with Crippen molar-refractivity contribution in [2.45, 2.75) is 4.90 Å². The molecule has 0 N–H and O–H groups in total. The van der Waals surface area contributed by atoms with Crippen LogP contribution in [0.4, 0.5) is 5.13 Å². The first-order chi connectivity index (χ1) is 18.3. The summed E-state index contributed by atoms with van der Waals surface area (Å²) in [6.45, 7) is 3.25. The van der Waals surface area contributed by atoms with E-state index >= 15 is 0 Å². The Morgan fingerprint density at radius 1 is 1.00 bits per heavy atom. The number of rotatable bonds is 11. The van der Waals surface area contributed by atoms with Gasteiger partial charge in [0, 0.05) is 59.1 Å². The van der Waals surface area contributed by atoms with E-state index in [1.165, 1.54) is 30.7 Å². The van der Waals surface area contributed by atoms with Gasteiger partial charge in [0.15, 0.2) is 10.9 Å². The first-order valence-corrected chi connectivity index (χ1v) is 14.7. The summed E-state index contributed by atoms with van der Waals surface area (Å²) in [6.07, 6.45) is 0. The Balaban J connectivity index is 1.41. The number of sulfonamides is 1. The summed E-state index contributed by atoms with van der Waals surface area (Å²) in [5.41, 5.74) is 1.17. The van der Waals surface area contributed by atoms with Crippen LogP contribution < -0.4 is 9.64 Å². The average molecular weight is 583 g/mol. The van der Waals surface area contributed by atoms with E-state index in [1.54, 1.807) is 41.5 Å². The van der Waals surface area contributed by atoms with Crippen molar-refractivity contribution in [1.29, 1.82) is 0 Å². The molecule has 0 saturated carbocycles. The van der Waals surface area contributed by atoms with Crippen molar-refractivity contribution < 1.29 is 27.4 Å². The molecule has 2 aromatic carbocycles. The molecule has 2 heterocycles. The van der Waals surface area contributed by atoms with E-state index in [-0.39, 0.29) is 37.1 Å². The van der Waals surface area contributed by atoms with Crippen LogP contribution in [0, 0.1) is 0 Å². The molecular formula is C25H31ClN4O6S2. The Bertz CT molecular complexity index is 1350. The molecule has 1 aromatic heterocycles. The number of thiazole rings is 1. The zero-order valence-electron chi connectivity index (χ0n) is 21.6. The third-order valence-corrected chi connectivity index (χ3v) is 9.62. The van der Waals surface area contributed by atoms with Crippen molar-refractivity contribution in [2.24, 2.45) is 0 Å². The molecule has 1 saturated heterocycles. The van der Waals surface area contributed by atoms with Gasteiger partial charge in [0.05, 0.1) is 34.9 Å². The molecule has 1 fully saturated rings. The molecule has 1 amide bonds. The largest absolute Gasteiger partial charge is 0.493 e. The Kier molecular flexibility index (Phi) is 9.45. The standard InChI is InChI=1S/C25H31ClN4O6S2/c1-34-16-14-30(15-17-35-2)38(32,33)19-6-4-18(5-7-19)24(31)28-10-12-29(13-11-28)25-27-22-21(37-25)9-8-20(26)23(22)36-3/h4-9H,10-17H2,1-3H3. The normalized spacial score (nSPS) is 14.4. The van der Waals surface area contributed by atoms with Crippen molar-refractivity contribution in [3.05, 3.63) is 47.0 Å². The molecule has 0 radical (unpaired) electrons. The van der Waals surface area contributed by atoms with E-state index in [4.69, 9.17) is 30.8 Å². The van der Waals surface area contributed by atoms with Crippen LogP contribution in [0.2, 0.25) is 5.02 Å². The zero-order chi connectivity index (χ0) is 27.3. The summed E-state index contributed by atoms with van der Waals surface area (Å²) >= 11 is 7.80. The third kappa shape index (κ3) is 6.05. The molecule has 206 valence electrons. The van der Waals surface area contributed by atoms with Crippen molar-refractivity contribution >= 4 is 54.2 Å². The number of methoxy groups -OCH3 is 3. The summed E-state index contributed by atoms with van der Waals surface area (Å²) in [5.74, 6) is 0.424. The Morgan fingerprint density at radius 2 is 1.63 bits per heavy atom. The molecule has 0 aliphatic carbocycles. The van der Waals surface area contributed by atoms with Crippen LogP contribution in [0.15, 0.2) is 41.3 Å². The maximum Gasteiger partial charge on any atom is 0.253 e. The monoisotopic (exact) mass is 582 g/mol. The highest BCUT2D eigenvalue weighted by molar-refractivity contribution is 7.89. The number of anilines is 1. The molecule has 38 heavy (non-hydrogen) atoms. The van der Waals surface area contributed by atoms with Gasteiger partial charge in [0.1, 0.15) is 5.52 Å². The van der Waals surface area contributed by atoms with E-state index in [2.05, 4.69) is 4.90 Å². The minimum atomic E-state index is -3.75. The van der Waals surface area contributed by atoms with Gasteiger partial charge < -0.3 is 24.0 Å². The van der Waals surface area contributed by atoms with Gasteiger partial charge in [-0.3, -0.25) is 4.79 Å². The summed E-state index contributed by atoms with van der Waals surface area (Å²) < 4.78 is 44.1. The lowest BCUT2D eigenvalue weighted by molar-refractivity contribution is 0.0746. The molecule has 3 aromatic rings. The van der Waals surface area contributed by atoms with Crippen molar-refractivity contribution in [3.63, 3.8) is 0 Å². The van der Waals surface area contributed by atoms with E-state index in [0.717, 1.165) is 15.3 Å². The van der Waals surface area contributed by atoms with Crippen molar-refractivity contribution in [2.75, 3.05) is 78.7 Å². The molecule has 0 spiro atoms.